The summed E-state index contributed by atoms with van der Waals surface area (Å²) in [5.41, 5.74) is 1.41. The molecular formula is C23H38O2. The molecule has 1 fully saturated rings. The van der Waals surface area contributed by atoms with Crippen LogP contribution in [0.3, 0.4) is 0 Å². The third kappa shape index (κ3) is 6.66. The van der Waals surface area contributed by atoms with Gasteiger partial charge in [-0.25, -0.2) is 0 Å². The van der Waals surface area contributed by atoms with Crippen LogP contribution in [0.4, 0.5) is 0 Å². The van der Waals surface area contributed by atoms with E-state index in [0.717, 1.165) is 18.3 Å². The maximum absolute atomic E-state index is 5.94. The first-order valence-corrected chi connectivity index (χ1v) is 10.4. The molecule has 25 heavy (non-hydrogen) atoms. The quantitative estimate of drug-likeness (QED) is 0.458. The van der Waals surface area contributed by atoms with Crippen LogP contribution in [0.5, 0.6) is 5.75 Å². The van der Waals surface area contributed by atoms with Crippen LogP contribution in [0, 0.1) is 17.8 Å². The highest BCUT2D eigenvalue weighted by Gasteiger charge is 2.19. The maximum Gasteiger partial charge on any atom is 0.196 e. The molecular weight excluding hydrogens is 308 g/mol. The van der Waals surface area contributed by atoms with Gasteiger partial charge in [0.2, 0.25) is 0 Å². The number of rotatable bonds is 9. The molecule has 2 nitrogen and oxygen atoms in total. The van der Waals surface area contributed by atoms with E-state index >= 15 is 0 Å². The highest BCUT2D eigenvalue weighted by molar-refractivity contribution is 5.30. The van der Waals surface area contributed by atoms with Crippen molar-refractivity contribution >= 4 is 0 Å². The van der Waals surface area contributed by atoms with E-state index in [1.165, 1.54) is 44.1 Å². The highest BCUT2D eigenvalue weighted by Crippen LogP contribution is 2.32. The Kier molecular flexibility index (Phi) is 8.29. The lowest BCUT2D eigenvalue weighted by molar-refractivity contribution is -0.0711. The second-order valence-electron chi connectivity index (χ2n) is 8.43. The molecule has 0 aliphatic heterocycles. The third-order valence-corrected chi connectivity index (χ3v) is 5.61. The Labute approximate surface area is 155 Å². The van der Waals surface area contributed by atoms with E-state index < -0.39 is 0 Å². The van der Waals surface area contributed by atoms with Crippen molar-refractivity contribution in [3.05, 3.63) is 29.8 Å². The lowest BCUT2D eigenvalue weighted by Crippen LogP contribution is -2.19. The van der Waals surface area contributed by atoms with Crippen LogP contribution in [0.15, 0.2) is 24.3 Å². The monoisotopic (exact) mass is 346 g/mol. The van der Waals surface area contributed by atoms with Gasteiger partial charge >= 0.3 is 0 Å². The molecule has 1 atom stereocenters. The third-order valence-electron chi connectivity index (χ3n) is 5.61. The molecule has 1 saturated carbocycles. The molecule has 2 rings (SSSR count). The van der Waals surface area contributed by atoms with Crippen molar-refractivity contribution in [2.24, 2.45) is 17.8 Å². The Balaban J connectivity index is 1.77. The fourth-order valence-electron chi connectivity index (χ4n) is 4.41. The van der Waals surface area contributed by atoms with Gasteiger partial charge in [0, 0.05) is 0 Å². The minimum atomic E-state index is -0.180. The second kappa shape index (κ2) is 10.2. The average molecular weight is 347 g/mol. The molecule has 0 heterocycles. The predicted molar refractivity (Wildman–Crippen MR) is 106 cm³/mol. The van der Waals surface area contributed by atoms with Gasteiger partial charge in [-0.2, -0.15) is 0 Å². The first-order chi connectivity index (χ1) is 12.0. The Morgan fingerprint density at radius 2 is 1.48 bits per heavy atom. The molecule has 2 heteroatoms. The van der Waals surface area contributed by atoms with Crippen molar-refractivity contribution < 1.29 is 9.47 Å². The summed E-state index contributed by atoms with van der Waals surface area (Å²) in [4.78, 5) is 0. The lowest BCUT2D eigenvalue weighted by Gasteiger charge is -2.26. The summed E-state index contributed by atoms with van der Waals surface area (Å²) in [5, 5.41) is 0. The minimum Gasteiger partial charge on any atom is -0.465 e. The molecule has 0 amide bonds. The van der Waals surface area contributed by atoms with Crippen molar-refractivity contribution in [1.29, 1.82) is 0 Å². The Morgan fingerprint density at radius 3 is 2.04 bits per heavy atom. The summed E-state index contributed by atoms with van der Waals surface area (Å²) in [6, 6.07) is 8.62. The van der Waals surface area contributed by atoms with Crippen molar-refractivity contribution in [2.75, 3.05) is 6.61 Å². The van der Waals surface area contributed by atoms with Gasteiger partial charge in [0.25, 0.3) is 0 Å². The molecule has 0 N–H and O–H groups in total. The maximum atomic E-state index is 5.94. The fourth-order valence-corrected chi connectivity index (χ4v) is 4.41. The summed E-state index contributed by atoms with van der Waals surface area (Å²) in [7, 11) is 0. The van der Waals surface area contributed by atoms with E-state index in [2.05, 4.69) is 52.0 Å². The zero-order valence-electron chi connectivity index (χ0n) is 17.0. The van der Waals surface area contributed by atoms with Crippen molar-refractivity contribution in [2.45, 2.75) is 85.4 Å². The van der Waals surface area contributed by atoms with Crippen LogP contribution in [-0.4, -0.2) is 12.9 Å². The molecule has 1 aliphatic rings. The number of benzene rings is 1. The number of hydrogen-bond acceptors (Lipinski definition) is 2. The van der Waals surface area contributed by atoms with Crippen LogP contribution in [0.25, 0.3) is 0 Å². The van der Waals surface area contributed by atoms with Crippen LogP contribution in [0.2, 0.25) is 0 Å². The molecule has 1 aromatic carbocycles. The van der Waals surface area contributed by atoms with Gasteiger partial charge in [-0.15, -0.1) is 0 Å². The largest absolute Gasteiger partial charge is 0.465 e. The van der Waals surface area contributed by atoms with Crippen molar-refractivity contribution in [3.8, 4) is 5.75 Å². The summed E-state index contributed by atoms with van der Waals surface area (Å²) >= 11 is 0. The summed E-state index contributed by atoms with van der Waals surface area (Å²) in [5.74, 6) is 3.66. The fraction of sp³-hybridized carbons (Fsp3) is 0.739. The smallest absolute Gasteiger partial charge is 0.196 e. The van der Waals surface area contributed by atoms with Gasteiger partial charge in [-0.05, 0) is 54.7 Å². The standard InChI is InChI=1S/C23H38O2/c1-17(2)23(18(3)4)21-11-13-22(14-12-21)25-19(5)24-16-15-20-9-7-6-8-10-20/h11-14,17-20,23H,6-10,15-16H2,1-5H3. The van der Waals surface area contributed by atoms with Crippen molar-refractivity contribution in [3.63, 3.8) is 0 Å². The molecule has 142 valence electrons. The highest BCUT2D eigenvalue weighted by atomic mass is 16.7. The van der Waals surface area contributed by atoms with E-state index in [9.17, 15) is 0 Å². The first-order valence-electron chi connectivity index (χ1n) is 10.4. The molecule has 0 spiro atoms. The van der Waals surface area contributed by atoms with E-state index in [1.807, 2.05) is 6.92 Å². The van der Waals surface area contributed by atoms with Gasteiger partial charge < -0.3 is 9.47 Å². The Morgan fingerprint density at radius 1 is 0.880 bits per heavy atom. The van der Waals surface area contributed by atoms with E-state index in [1.54, 1.807) is 0 Å². The molecule has 0 radical (unpaired) electrons. The molecule has 0 bridgehead atoms. The van der Waals surface area contributed by atoms with E-state index in [-0.39, 0.29) is 6.29 Å². The van der Waals surface area contributed by atoms with E-state index in [0.29, 0.717) is 17.8 Å². The Hall–Kier alpha value is -1.02. The topological polar surface area (TPSA) is 18.5 Å². The zero-order chi connectivity index (χ0) is 18.2. The van der Waals surface area contributed by atoms with E-state index in [4.69, 9.17) is 9.47 Å². The number of ether oxygens (including phenoxy) is 2. The van der Waals surface area contributed by atoms with Gasteiger partial charge in [-0.1, -0.05) is 71.9 Å². The van der Waals surface area contributed by atoms with Crippen LogP contribution in [0.1, 0.15) is 84.6 Å². The zero-order valence-corrected chi connectivity index (χ0v) is 17.0. The predicted octanol–water partition coefficient (Wildman–Crippen LogP) is 6.79. The summed E-state index contributed by atoms with van der Waals surface area (Å²) in [6.07, 6.45) is 7.98. The second-order valence-corrected chi connectivity index (χ2v) is 8.43. The van der Waals surface area contributed by atoms with Gasteiger partial charge in [-0.3, -0.25) is 0 Å². The van der Waals surface area contributed by atoms with Gasteiger partial charge in [0.1, 0.15) is 5.75 Å². The molecule has 0 aromatic heterocycles. The van der Waals surface area contributed by atoms with Gasteiger partial charge in [0.15, 0.2) is 6.29 Å². The molecule has 1 aromatic rings. The van der Waals surface area contributed by atoms with Crippen LogP contribution in [-0.2, 0) is 4.74 Å². The average Bonchev–Trinajstić information content (AvgIpc) is 2.57. The molecule has 0 saturated heterocycles. The van der Waals surface area contributed by atoms with Crippen molar-refractivity contribution in [1.82, 2.24) is 0 Å². The summed E-state index contributed by atoms with van der Waals surface area (Å²) < 4.78 is 11.8. The number of hydrogen-bond donors (Lipinski definition) is 0. The SMILES string of the molecule is CC(OCCC1CCCCC1)Oc1ccc(C(C(C)C)C(C)C)cc1. The Bertz CT molecular complexity index is 463. The molecule has 1 unspecified atom stereocenters. The molecule has 1 aliphatic carbocycles. The lowest BCUT2D eigenvalue weighted by atomic mass is 9.80. The first kappa shape index (κ1) is 20.3. The minimum absolute atomic E-state index is 0.180. The van der Waals surface area contributed by atoms with Gasteiger partial charge in [0.05, 0.1) is 6.61 Å². The van der Waals surface area contributed by atoms with Crippen LogP contribution < -0.4 is 4.74 Å². The summed E-state index contributed by atoms with van der Waals surface area (Å²) in [6.45, 7) is 12.0. The van der Waals surface area contributed by atoms with Crippen LogP contribution >= 0.6 is 0 Å². The normalized spacial score (nSPS) is 17.4.